The second-order valence-electron chi connectivity index (χ2n) is 5.20. The van der Waals surface area contributed by atoms with E-state index in [-0.39, 0.29) is 5.92 Å². The standard InChI is InChI=1S/C13H24N2O/c1-4-5-12(10-14)13(16)6-8-15(9-7-13)11(2)3/h11-12,16H,4-9H2,1-3H3. The molecule has 1 atom stereocenters. The molecule has 1 aliphatic heterocycles. The van der Waals surface area contributed by atoms with Crippen molar-refractivity contribution >= 4 is 0 Å². The predicted octanol–water partition coefficient (Wildman–Crippen LogP) is 2.16. The molecule has 0 aliphatic carbocycles. The van der Waals surface area contributed by atoms with Crippen LogP contribution in [-0.2, 0) is 0 Å². The van der Waals surface area contributed by atoms with Crippen molar-refractivity contribution in [2.75, 3.05) is 13.1 Å². The van der Waals surface area contributed by atoms with Crippen LogP contribution in [0.4, 0.5) is 0 Å². The average Bonchev–Trinajstić information content (AvgIpc) is 2.26. The first-order chi connectivity index (χ1) is 7.53. The summed E-state index contributed by atoms with van der Waals surface area (Å²) in [6.45, 7) is 8.25. The van der Waals surface area contributed by atoms with Crippen molar-refractivity contribution in [3.8, 4) is 6.07 Å². The summed E-state index contributed by atoms with van der Waals surface area (Å²) in [5.41, 5.74) is -0.740. The molecule has 0 aromatic heterocycles. The van der Waals surface area contributed by atoms with Crippen LogP contribution in [0.1, 0.15) is 46.5 Å². The molecule has 0 radical (unpaired) electrons. The van der Waals surface area contributed by atoms with Crippen LogP contribution in [0.3, 0.4) is 0 Å². The highest BCUT2D eigenvalue weighted by Gasteiger charge is 2.39. The fourth-order valence-electron chi connectivity index (χ4n) is 2.52. The lowest BCUT2D eigenvalue weighted by molar-refractivity contribution is -0.0579. The van der Waals surface area contributed by atoms with Gasteiger partial charge in [-0.05, 0) is 33.1 Å². The normalized spacial score (nSPS) is 23.0. The molecule has 3 nitrogen and oxygen atoms in total. The predicted molar refractivity (Wildman–Crippen MR) is 64.9 cm³/mol. The number of piperidine rings is 1. The Morgan fingerprint density at radius 2 is 1.94 bits per heavy atom. The maximum Gasteiger partial charge on any atom is 0.0829 e. The molecular formula is C13H24N2O. The Hall–Kier alpha value is -0.590. The highest BCUT2D eigenvalue weighted by Crippen LogP contribution is 2.32. The van der Waals surface area contributed by atoms with Crippen molar-refractivity contribution < 1.29 is 5.11 Å². The number of rotatable bonds is 4. The van der Waals surface area contributed by atoms with Gasteiger partial charge in [-0.15, -0.1) is 0 Å². The molecule has 1 heterocycles. The van der Waals surface area contributed by atoms with Crippen LogP contribution in [0.2, 0.25) is 0 Å². The van der Waals surface area contributed by atoms with Gasteiger partial charge in [0, 0.05) is 19.1 Å². The van der Waals surface area contributed by atoms with Crippen molar-refractivity contribution in [3.63, 3.8) is 0 Å². The monoisotopic (exact) mass is 224 g/mol. The third kappa shape index (κ3) is 2.96. The van der Waals surface area contributed by atoms with Gasteiger partial charge < -0.3 is 10.0 Å². The van der Waals surface area contributed by atoms with Crippen LogP contribution in [0.5, 0.6) is 0 Å². The second-order valence-corrected chi connectivity index (χ2v) is 5.20. The van der Waals surface area contributed by atoms with Crippen molar-refractivity contribution in [2.24, 2.45) is 5.92 Å². The topological polar surface area (TPSA) is 47.3 Å². The van der Waals surface area contributed by atoms with Gasteiger partial charge in [0.2, 0.25) is 0 Å². The van der Waals surface area contributed by atoms with Gasteiger partial charge in [0.25, 0.3) is 0 Å². The number of likely N-dealkylation sites (tertiary alicyclic amines) is 1. The Labute approximate surface area is 99.1 Å². The van der Waals surface area contributed by atoms with Gasteiger partial charge in [0.15, 0.2) is 0 Å². The zero-order valence-electron chi connectivity index (χ0n) is 10.7. The van der Waals surface area contributed by atoms with Crippen LogP contribution >= 0.6 is 0 Å². The van der Waals surface area contributed by atoms with Gasteiger partial charge >= 0.3 is 0 Å². The Kier molecular flexibility index (Phi) is 4.76. The van der Waals surface area contributed by atoms with E-state index >= 15 is 0 Å². The molecule has 0 amide bonds. The zero-order chi connectivity index (χ0) is 12.2. The first-order valence-corrected chi connectivity index (χ1v) is 6.39. The summed E-state index contributed by atoms with van der Waals surface area (Å²) in [6.07, 6.45) is 3.26. The number of nitriles is 1. The van der Waals surface area contributed by atoms with Crippen LogP contribution in [0, 0.1) is 17.2 Å². The minimum atomic E-state index is -0.740. The van der Waals surface area contributed by atoms with E-state index in [1.54, 1.807) is 0 Å². The number of nitrogens with zero attached hydrogens (tertiary/aromatic N) is 2. The number of hydrogen-bond donors (Lipinski definition) is 1. The maximum absolute atomic E-state index is 10.5. The summed E-state index contributed by atoms with van der Waals surface area (Å²) in [7, 11) is 0. The fourth-order valence-corrected chi connectivity index (χ4v) is 2.52. The zero-order valence-corrected chi connectivity index (χ0v) is 10.7. The molecule has 3 heteroatoms. The minimum absolute atomic E-state index is 0.188. The molecule has 0 bridgehead atoms. The summed E-state index contributed by atoms with van der Waals surface area (Å²) in [6, 6.07) is 2.83. The molecular weight excluding hydrogens is 200 g/mol. The molecule has 0 spiro atoms. The van der Waals surface area contributed by atoms with E-state index in [0.717, 1.165) is 38.8 Å². The molecule has 0 aromatic rings. The van der Waals surface area contributed by atoms with E-state index < -0.39 is 5.60 Å². The van der Waals surface area contributed by atoms with Crippen LogP contribution < -0.4 is 0 Å². The van der Waals surface area contributed by atoms with Crippen molar-refractivity contribution in [1.29, 1.82) is 5.26 Å². The highest BCUT2D eigenvalue weighted by molar-refractivity contribution is 5.01. The van der Waals surface area contributed by atoms with E-state index in [2.05, 4.69) is 31.7 Å². The van der Waals surface area contributed by atoms with Gasteiger partial charge in [-0.3, -0.25) is 0 Å². The minimum Gasteiger partial charge on any atom is -0.388 e. The first-order valence-electron chi connectivity index (χ1n) is 6.39. The smallest absolute Gasteiger partial charge is 0.0829 e. The van der Waals surface area contributed by atoms with E-state index in [1.807, 2.05) is 0 Å². The van der Waals surface area contributed by atoms with Crippen molar-refractivity contribution in [2.45, 2.75) is 58.1 Å². The second kappa shape index (κ2) is 5.65. The Bertz CT molecular complexity index is 249. The molecule has 0 aromatic carbocycles. The summed E-state index contributed by atoms with van der Waals surface area (Å²) >= 11 is 0. The molecule has 1 N–H and O–H groups in total. The van der Waals surface area contributed by atoms with Gasteiger partial charge in [-0.25, -0.2) is 0 Å². The van der Waals surface area contributed by atoms with Crippen LogP contribution in [0.15, 0.2) is 0 Å². The summed E-state index contributed by atoms with van der Waals surface area (Å²) in [4.78, 5) is 2.37. The number of hydrogen-bond acceptors (Lipinski definition) is 3. The van der Waals surface area contributed by atoms with Gasteiger partial charge in [0.1, 0.15) is 0 Å². The number of aliphatic hydroxyl groups is 1. The summed E-state index contributed by atoms with van der Waals surface area (Å²) in [5.74, 6) is -0.188. The molecule has 1 aliphatic rings. The SMILES string of the molecule is CCCC(C#N)C1(O)CCN(C(C)C)CC1. The molecule has 1 saturated heterocycles. The Morgan fingerprint density at radius 1 is 1.38 bits per heavy atom. The van der Waals surface area contributed by atoms with Gasteiger partial charge in [-0.1, -0.05) is 13.3 Å². The lowest BCUT2D eigenvalue weighted by atomic mass is 9.78. The molecule has 1 rings (SSSR count). The van der Waals surface area contributed by atoms with Crippen LogP contribution in [-0.4, -0.2) is 34.7 Å². The van der Waals surface area contributed by atoms with Crippen molar-refractivity contribution in [1.82, 2.24) is 4.90 Å². The summed E-state index contributed by atoms with van der Waals surface area (Å²) in [5, 5.41) is 19.6. The molecule has 1 fully saturated rings. The molecule has 1 unspecified atom stereocenters. The molecule has 0 saturated carbocycles. The van der Waals surface area contributed by atoms with Crippen molar-refractivity contribution in [3.05, 3.63) is 0 Å². The van der Waals surface area contributed by atoms with E-state index in [9.17, 15) is 5.11 Å². The quantitative estimate of drug-likeness (QED) is 0.796. The van der Waals surface area contributed by atoms with E-state index in [4.69, 9.17) is 5.26 Å². The third-order valence-electron chi connectivity index (χ3n) is 3.78. The third-order valence-corrected chi connectivity index (χ3v) is 3.78. The highest BCUT2D eigenvalue weighted by atomic mass is 16.3. The fraction of sp³-hybridized carbons (Fsp3) is 0.923. The Balaban J connectivity index is 2.58. The largest absolute Gasteiger partial charge is 0.388 e. The van der Waals surface area contributed by atoms with Gasteiger partial charge in [-0.2, -0.15) is 5.26 Å². The molecule has 16 heavy (non-hydrogen) atoms. The summed E-state index contributed by atoms with van der Waals surface area (Å²) < 4.78 is 0. The van der Waals surface area contributed by atoms with E-state index in [1.165, 1.54) is 0 Å². The lowest BCUT2D eigenvalue weighted by Crippen LogP contribution is -2.50. The Morgan fingerprint density at radius 3 is 2.31 bits per heavy atom. The lowest BCUT2D eigenvalue weighted by Gasteiger charge is -2.42. The first kappa shape index (κ1) is 13.5. The average molecular weight is 224 g/mol. The molecule has 92 valence electrons. The maximum atomic E-state index is 10.5. The van der Waals surface area contributed by atoms with Crippen LogP contribution in [0.25, 0.3) is 0 Å². The van der Waals surface area contributed by atoms with Gasteiger partial charge in [0.05, 0.1) is 17.6 Å². The van der Waals surface area contributed by atoms with E-state index in [0.29, 0.717) is 6.04 Å².